The van der Waals surface area contributed by atoms with Crippen LogP contribution in [0.1, 0.15) is 36.5 Å². The van der Waals surface area contributed by atoms with Crippen LogP contribution < -0.4 is 16.4 Å². The normalized spacial score (nSPS) is 12.9. The van der Waals surface area contributed by atoms with Crippen molar-refractivity contribution in [2.24, 2.45) is 0 Å². The molecule has 10 nitrogen and oxygen atoms in total. The maximum Gasteiger partial charge on any atom is 0.407 e. The summed E-state index contributed by atoms with van der Waals surface area (Å²) >= 11 is 0. The highest BCUT2D eigenvalue weighted by Gasteiger charge is 2.35. The van der Waals surface area contributed by atoms with Crippen LogP contribution in [0.15, 0.2) is 114 Å². The topological polar surface area (TPSA) is 151 Å². The van der Waals surface area contributed by atoms with E-state index in [2.05, 4.69) is 10.6 Å². The Bertz CT molecular complexity index is 1660. The molecular formula is C35H40N4O6S. The van der Waals surface area contributed by atoms with Crippen LogP contribution in [0.5, 0.6) is 0 Å². The number of aliphatic hydroxyl groups excluding tert-OH is 1. The number of rotatable bonds is 13. The molecule has 0 fully saturated rings. The molecule has 0 radical (unpaired) electrons. The van der Waals surface area contributed by atoms with Gasteiger partial charge in [0.2, 0.25) is 15.9 Å². The van der Waals surface area contributed by atoms with Crippen molar-refractivity contribution in [3.8, 4) is 0 Å². The van der Waals surface area contributed by atoms with Gasteiger partial charge in [0.1, 0.15) is 6.04 Å². The summed E-state index contributed by atoms with van der Waals surface area (Å²) in [6.07, 6.45) is -0.583. The third-order valence-electron chi connectivity index (χ3n) is 7.59. The van der Waals surface area contributed by atoms with Gasteiger partial charge in [-0.25, -0.2) is 13.2 Å². The summed E-state index contributed by atoms with van der Waals surface area (Å²) in [6.45, 7) is 3.07. The van der Waals surface area contributed by atoms with Crippen LogP contribution in [0.25, 0.3) is 0 Å². The highest BCUT2D eigenvalue weighted by molar-refractivity contribution is 7.89. The van der Waals surface area contributed by atoms with Crippen LogP contribution >= 0.6 is 0 Å². The van der Waals surface area contributed by atoms with Gasteiger partial charge in [0, 0.05) is 23.3 Å². The minimum Gasteiger partial charge on any atom is -0.453 e. The first-order valence-corrected chi connectivity index (χ1v) is 16.3. The SMILES string of the molecule is COC(=O)NC(C(=O)Nc1cccc(CC(CO)N(C(C)C)S(=O)(=O)c2ccc(N)cc2)c1)C(c1ccccc1)c1ccccc1. The number of carbonyl (C=O) groups excluding carboxylic acids is 2. The second-order valence-corrected chi connectivity index (χ2v) is 13.0. The molecule has 0 saturated heterocycles. The third-order valence-corrected chi connectivity index (χ3v) is 9.74. The Balaban J connectivity index is 1.62. The number of nitrogen functional groups attached to an aromatic ring is 1. The van der Waals surface area contributed by atoms with E-state index >= 15 is 0 Å². The number of nitrogens with one attached hydrogen (secondary N) is 2. The molecule has 2 atom stereocenters. The van der Waals surface area contributed by atoms with Crippen LogP contribution in [-0.4, -0.2) is 61.7 Å². The van der Waals surface area contributed by atoms with Crippen LogP contribution in [0.3, 0.4) is 0 Å². The number of nitrogens with two attached hydrogens (primary N) is 1. The van der Waals surface area contributed by atoms with E-state index in [0.29, 0.717) is 16.9 Å². The van der Waals surface area contributed by atoms with Crippen molar-refractivity contribution in [3.63, 3.8) is 0 Å². The van der Waals surface area contributed by atoms with Crippen molar-refractivity contribution in [2.75, 3.05) is 24.8 Å². The Kier molecular flexibility index (Phi) is 11.5. The van der Waals surface area contributed by atoms with Gasteiger partial charge in [0.05, 0.1) is 24.7 Å². The molecule has 242 valence electrons. The second-order valence-electron chi connectivity index (χ2n) is 11.1. The molecule has 5 N–H and O–H groups in total. The van der Waals surface area contributed by atoms with Crippen LogP contribution in [0.4, 0.5) is 16.2 Å². The zero-order valence-corrected chi connectivity index (χ0v) is 26.9. The lowest BCUT2D eigenvalue weighted by atomic mass is 9.84. The summed E-state index contributed by atoms with van der Waals surface area (Å²) in [5, 5.41) is 16.0. The van der Waals surface area contributed by atoms with Crippen molar-refractivity contribution in [3.05, 3.63) is 126 Å². The molecule has 4 aromatic rings. The molecule has 4 aromatic carbocycles. The minimum absolute atomic E-state index is 0.0744. The van der Waals surface area contributed by atoms with Gasteiger partial charge in [0.15, 0.2) is 0 Å². The van der Waals surface area contributed by atoms with Gasteiger partial charge in [-0.05, 0) is 73.4 Å². The van der Waals surface area contributed by atoms with Crippen molar-refractivity contribution >= 4 is 33.4 Å². The Morgan fingerprint density at radius 3 is 1.98 bits per heavy atom. The molecule has 46 heavy (non-hydrogen) atoms. The summed E-state index contributed by atoms with van der Waals surface area (Å²) < 4.78 is 33.5. The number of nitrogens with zero attached hydrogens (tertiary/aromatic N) is 1. The molecule has 0 aliphatic rings. The number of methoxy groups -OCH3 is 1. The van der Waals surface area contributed by atoms with Crippen LogP contribution in [-0.2, 0) is 26.0 Å². The fourth-order valence-electron chi connectivity index (χ4n) is 5.54. The molecule has 0 heterocycles. The van der Waals surface area contributed by atoms with Gasteiger partial charge in [-0.2, -0.15) is 4.31 Å². The predicted molar refractivity (Wildman–Crippen MR) is 179 cm³/mol. The maximum absolute atomic E-state index is 13.9. The Labute approximate surface area is 270 Å². The molecule has 11 heteroatoms. The van der Waals surface area contributed by atoms with E-state index in [1.165, 1.54) is 35.7 Å². The molecule has 0 bridgehead atoms. The Morgan fingerprint density at radius 2 is 1.46 bits per heavy atom. The lowest BCUT2D eigenvalue weighted by Gasteiger charge is -2.33. The highest BCUT2D eigenvalue weighted by atomic mass is 32.2. The first-order chi connectivity index (χ1) is 22.0. The van der Waals surface area contributed by atoms with Crippen molar-refractivity contribution in [1.82, 2.24) is 9.62 Å². The molecular weight excluding hydrogens is 604 g/mol. The quantitative estimate of drug-likeness (QED) is 0.153. The Hall–Kier alpha value is -4.71. The smallest absolute Gasteiger partial charge is 0.407 e. The van der Waals surface area contributed by atoms with Gasteiger partial charge in [-0.15, -0.1) is 0 Å². The average molecular weight is 645 g/mol. The number of benzene rings is 4. The minimum atomic E-state index is -3.97. The van der Waals surface area contributed by atoms with Crippen LogP contribution in [0.2, 0.25) is 0 Å². The zero-order valence-electron chi connectivity index (χ0n) is 26.0. The lowest BCUT2D eigenvalue weighted by Crippen LogP contribution is -2.48. The highest BCUT2D eigenvalue weighted by Crippen LogP contribution is 2.30. The molecule has 2 unspecified atom stereocenters. The largest absolute Gasteiger partial charge is 0.453 e. The van der Waals surface area contributed by atoms with Crippen molar-refractivity contribution in [1.29, 1.82) is 0 Å². The summed E-state index contributed by atoms with van der Waals surface area (Å²) in [6, 6.07) is 29.4. The number of alkyl carbamates (subject to hydrolysis) is 1. The number of hydrogen-bond acceptors (Lipinski definition) is 7. The number of aliphatic hydroxyl groups is 1. The predicted octanol–water partition coefficient (Wildman–Crippen LogP) is 4.77. The van der Waals surface area contributed by atoms with E-state index < -0.39 is 52.7 Å². The van der Waals surface area contributed by atoms with Gasteiger partial charge in [-0.1, -0.05) is 72.8 Å². The molecule has 0 spiro atoms. The fraction of sp³-hybridized carbons (Fsp3) is 0.257. The zero-order chi connectivity index (χ0) is 33.3. The number of amides is 2. The number of ether oxygens (including phenoxy) is 1. The number of hydrogen-bond donors (Lipinski definition) is 4. The van der Waals surface area contributed by atoms with Crippen molar-refractivity contribution < 1.29 is 27.9 Å². The molecule has 0 aliphatic heterocycles. The molecule has 0 aromatic heterocycles. The summed E-state index contributed by atoms with van der Waals surface area (Å²) in [4.78, 5) is 26.5. The molecule has 4 rings (SSSR count). The van der Waals surface area contributed by atoms with E-state index in [1.54, 1.807) is 38.1 Å². The van der Waals surface area contributed by atoms with Crippen molar-refractivity contribution in [2.45, 2.75) is 49.2 Å². The first kappa shape index (κ1) is 34.2. The number of anilines is 2. The first-order valence-electron chi connectivity index (χ1n) is 14.9. The average Bonchev–Trinajstić information content (AvgIpc) is 3.05. The van der Waals surface area contributed by atoms with Crippen LogP contribution in [0, 0.1) is 0 Å². The van der Waals surface area contributed by atoms with Gasteiger partial charge in [-0.3, -0.25) is 4.79 Å². The summed E-state index contributed by atoms with van der Waals surface area (Å²) in [5.74, 6) is -1.02. The van der Waals surface area contributed by atoms with E-state index in [-0.39, 0.29) is 11.3 Å². The standard InChI is InChI=1S/C35H40N4O6S/c1-24(2)39(46(43,44)31-19-17-28(36)18-20-31)30(23-40)22-25-11-10-16-29(21-25)37-34(41)33(38-35(42)45-3)32(26-12-6-4-7-13-26)27-14-8-5-9-15-27/h4-21,24,30,32-33,40H,22-23,36H2,1-3H3,(H,37,41)(H,38,42). The summed E-state index contributed by atoms with van der Waals surface area (Å²) in [5.41, 5.74) is 8.97. The van der Waals surface area contributed by atoms with E-state index in [1.807, 2.05) is 60.7 Å². The van der Waals surface area contributed by atoms with Gasteiger partial charge in [0.25, 0.3) is 0 Å². The number of sulfonamides is 1. The van der Waals surface area contributed by atoms with Gasteiger partial charge < -0.3 is 26.2 Å². The molecule has 0 aliphatic carbocycles. The third kappa shape index (κ3) is 8.30. The van der Waals surface area contributed by atoms with E-state index in [4.69, 9.17) is 10.5 Å². The van der Waals surface area contributed by atoms with Gasteiger partial charge >= 0.3 is 6.09 Å². The maximum atomic E-state index is 13.9. The monoisotopic (exact) mass is 644 g/mol. The second kappa shape index (κ2) is 15.5. The molecule has 0 saturated carbocycles. The Morgan fingerprint density at radius 1 is 0.870 bits per heavy atom. The van der Waals surface area contributed by atoms with E-state index in [9.17, 15) is 23.1 Å². The lowest BCUT2D eigenvalue weighted by molar-refractivity contribution is -0.118. The molecule has 2 amide bonds. The number of carbonyl (C=O) groups is 2. The van der Waals surface area contributed by atoms with E-state index in [0.717, 1.165) is 11.1 Å². The fourth-order valence-corrected chi connectivity index (χ4v) is 7.36. The summed E-state index contributed by atoms with van der Waals surface area (Å²) in [7, 11) is -2.73.